The zero-order chi connectivity index (χ0) is 19.3. The highest BCUT2D eigenvalue weighted by molar-refractivity contribution is 7.18. The van der Waals surface area contributed by atoms with E-state index in [1.54, 1.807) is 38.1 Å². The molecule has 0 aliphatic carbocycles. The first kappa shape index (κ1) is 19.5. The maximum absolute atomic E-state index is 12.6. The number of rotatable bonds is 6. The summed E-state index contributed by atoms with van der Waals surface area (Å²) in [5, 5.41) is 5.51. The van der Waals surface area contributed by atoms with E-state index in [0.717, 1.165) is 11.3 Å². The predicted octanol–water partition coefficient (Wildman–Crippen LogP) is 2.85. The number of anilines is 1. The molecule has 7 nitrogen and oxygen atoms in total. The van der Waals surface area contributed by atoms with Gasteiger partial charge in [0.2, 0.25) is 0 Å². The Hall–Kier alpha value is -2.87. The molecule has 1 aromatic heterocycles. The molecule has 8 heteroatoms. The zero-order valence-corrected chi connectivity index (χ0v) is 15.8. The highest BCUT2D eigenvalue weighted by Crippen LogP contribution is 2.34. The van der Waals surface area contributed by atoms with Crippen LogP contribution in [0.2, 0.25) is 0 Å². The van der Waals surface area contributed by atoms with Crippen LogP contribution in [0.3, 0.4) is 0 Å². The van der Waals surface area contributed by atoms with Crippen molar-refractivity contribution in [3.63, 3.8) is 0 Å². The van der Waals surface area contributed by atoms with Crippen LogP contribution in [0.15, 0.2) is 24.3 Å². The number of carbonyl (C=O) groups is 3. The third-order valence-corrected chi connectivity index (χ3v) is 4.83. The lowest BCUT2D eigenvalue weighted by Gasteiger charge is -2.09. The number of esters is 1. The summed E-state index contributed by atoms with van der Waals surface area (Å²) in [6.45, 7) is 3.56. The van der Waals surface area contributed by atoms with Crippen LogP contribution in [0.4, 0.5) is 5.00 Å². The number of hydrogen-bond donors (Lipinski definition) is 2. The van der Waals surface area contributed by atoms with Gasteiger partial charge in [0.05, 0.1) is 24.8 Å². The van der Waals surface area contributed by atoms with E-state index in [1.165, 1.54) is 14.2 Å². The van der Waals surface area contributed by atoms with Gasteiger partial charge in [0.25, 0.3) is 11.8 Å². The Morgan fingerprint density at radius 1 is 1.15 bits per heavy atom. The SMILES string of the molecule is CCOC(=O)c1sc(NC(=O)c2ccccc2OC)c(C(=O)NC)c1C. The van der Waals surface area contributed by atoms with E-state index in [9.17, 15) is 14.4 Å². The van der Waals surface area contributed by atoms with E-state index < -0.39 is 17.8 Å². The first-order valence-corrected chi connectivity index (χ1v) is 8.73. The average molecular weight is 376 g/mol. The van der Waals surface area contributed by atoms with E-state index in [1.807, 2.05) is 0 Å². The molecule has 2 amide bonds. The number of benzene rings is 1. The largest absolute Gasteiger partial charge is 0.496 e. The van der Waals surface area contributed by atoms with Gasteiger partial charge in [-0.2, -0.15) is 0 Å². The Balaban J connectivity index is 2.44. The lowest BCUT2D eigenvalue weighted by Crippen LogP contribution is -2.21. The normalized spacial score (nSPS) is 10.2. The van der Waals surface area contributed by atoms with Gasteiger partial charge in [0, 0.05) is 7.05 Å². The number of thiophene rings is 1. The molecule has 0 saturated heterocycles. The second-order valence-electron chi connectivity index (χ2n) is 5.21. The zero-order valence-electron chi connectivity index (χ0n) is 15.0. The average Bonchev–Trinajstić information content (AvgIpc) is 2.97. The molecule has 1 aromatic carbocycles. The summed E-state index contributed by atoms with van der Waals surface area (Å²) in [5.41, 5.74) is 1.02. The van der Waals surface area contributed by atoms with Gasteiger partial charge in [-0.05, 0) is 31.5 Å². The van der Waals surface area contributed by atoms with Crippen LogP contribution >= 0.6 is 11.3 Å². The number of carbonyl (C=O) groups excluding carboxylic acids is 3. The molecule has 0 radical (unpaired) electrons. The third kappa shape index (κ3) is 3.85. The molecule has 0 atom stereocenters. The molecule has 0 aliphatic rings. The van der Waals surface area contributed by atoms with E-state index in [2.05, 4.69) is 10.6 Å². The molecule has 2 N–H and O–H groups in total. The topological polar surface area (TPSA) is 93.7 Å². The van der Waals surface area contributed by atoms with Crippen LogP contribution in [-0.4, -0.2) is 38.5 Å². The summed E-state index contributed by atoms with van der Waals surface area (Å²) in [6.07, 6.45) is 0. The van der Waals surface area contributed by atoms with Crippen molar-refractivity contribution >= 4 is 34.1 Å². The second kappa shape index (κ2) is 8.48. The van der Waals surface area contributed by atoms with E-state index in [0.29, 0.717) is 16.9 Å². The Labute approximate surface area is 155 Å². The summed E-state index contributed by atoms with van der Waals surface area (Å²) in [6, 6.07) is 6.74. The number of ether oxygens (including phenoxy) is 2. The van der Waals surface area contributed by atoms with Crippen LogP contribution in [-0.2, 0) is 4.74 Å². The molecular weight excluding hydrogens is 356 g/mol. The van der Waals surface area contributed by atoms with Crippen molar-refractivity contribution in [1.82, 2.24) is 5.32 Å². The number of para-hydroxylation sites is 1. The molecular formula is C18H20N2O5S. The Kier molecular flexibility index (Phi) is 6.35. The smallest absolute Gasteiger partial charge is 0.348 e. The van der Waals surface area contributed by atoms with Crippen LogP contribution in [0.1, 0.15) is 42.9 Å². The van der Waals surface area contributed by atoms with Crippen LogP contribution < -0.4 is 15.4 Å². The summed E-state index contributed by atoms with van der Waals surface area (Å²) < 4.78 is 10.2. The number of amides is 2. The maximum atomic E-state index is 12.6. The van der Waals surface area contributed by atoms with Crippen molar-refractivity contribution in [3.8, 4) is 5.75 Å². The fourth-order valence-electron chi connectivity index (χ4n) is 2.39. The van der Waals surface area contributed by atoms with E-state index in [-0.39, 0.29) is 22.0 Å². The fraction of sp³-hybridized carbons (Fsp3) is 0.278. The van der Waals surface area contributed by atoms with Crippen molar-refractivity contribution in [2.45, 2.75) is 13.8 Å². The molecule has 0 unspecified atom stereocenters. The Morgan fingerprint density at radius 2 is 1.85 bits per heavy atom. The monoisotopic (exact) mass is 376 g/mol. The molecule has 0 saturated carbocycles. The first-order valence-electron chi connectivity index (χ1n) is 7.91. The van der Waals surface area contributed by atoms with Crippen molar-refractivity contribution in [2.75, 3.05) is 26.1 Å². The molecule has 0 bridgehead atoms. The lowest BCUT2D eigenvalue weighted by molar-refractivity contribution is 0.0531. The van der Waals surface area contributed by atoms with Gasteiger partial charge in [-0.15, -0.1) is 11.3 Å². The summed E-state index contributed by atoms with van der Waals surface area (Å²) in [5.74, 6) is -0.961. The molecule has 2 rings (SSSR count). The lowest BCUT2D eigenvalue weighted by atomic mass is 10.1. The van der Waals surface area contributed by atoms with Crippen LogP contribution in [0, 0.1) is 6.92 Å². The van der Waals surface area contributed by atoms with Crippen molar-refractivity contribution < 1.29 is 23.9 Å². The summed E-state index contributed by atoms with van der Waals surface area (Å²) >= 11 is 1.01. The van der Waals surface area contributed by atoms with Gasteiger partial charge in [-0.25, -0.2) is 4.79 Å². The Morgan fingerprint density at radius 3 is 2.46 bits per heavy atom. The molecule has 0 aliphatic heterocycles. The highest BCUT2D eigenvalue weighted by Gasteiger charge is 2.26. The van der Waals surface area contributed by atoms with Gasteiger partial charge in [-0.3, -0.25) is 9.59 Å². The van der Waals surface area contributed by atoms with Gasteiger partial charge in [0.15, 0.2) is 0 Å². The molecule has 0 fully saturated rings. The van der Waals surface area contributed by atoms with Crippen molar-refractivity contribution in [2.24, 2.45) is 0 Å². The molecule has 1 heterocycles. The second-order valence-corrected chi connectivity index (χ2v) is 6.23. The van der Waals surface area contributed by atoms with E-state index >= 15 is 0 Å². The number of hydrogen-bond acceptors (Lipinski definition) is 6. The van der Waals surface area contributed by atoms with Gasteiger partial charge in [-0.1, -0.05) is 12.1 Å². The molecule has 138 valence electrons. The number of methoxy groups -OCH3 is 1. The minimum absolute atomic E-state index is 0.217. The predicted molar refractivity (Wildman–Crippen MR) is 99.3 cm³/mol. The van der Waals surface area contributed by atoms with Gasteiger partial charge >= 0.3 is 5.97 Å². The van der Waals surface area contributed by atoms with Crippen molar-refractivity contribution in [3.05, 3.63) is 45.8 Å². The standard InChI is InChI=1S/C18H20N2O5S/c1-5-25-18(23)14-10(2)13(16(22)19-3)17(26-14)20-15(21)11-8-6-7-9-12(11)24-4/h6-9H,5H2,1-4H3,(H,19,22)(H,20,21). The quantitative estimate of drug-likeness (QED) is 0.756. The minimum Gasteiger partial charge on any atom is -0.496 e. The van der Waals surface area contributed by atoms with Crippen LogP contribution in [0.5, 0.6) is 5.75 Å². The fourth-order valence-corrected chi connectivity index (χ4v) is 3.49. The Bertz CT molecular complexity index is 844. The molecule has 2 aromatic rings. The first-order chi connectivity index (χ1) is 12.4. The third-order valence-electron chi connectivity index (χ3n) is 3.64. The maximum Gasteiger partial charge on any atom is 0.348 e. The van der Waals surface area contributed by atoms with Crippen LogP contribution in [0.25, 0.3) is 0 Å². The summed E-state index contributed by atoms with van der Waals surface area (Å²) in [4.78, 5) is 37.3. The molecule has 26 heavy (non-hydrogen) atoms. The number of nitrogens with one attached hydrogen (secondary N) is 2. The van der Waals surface area contributed by atoms with E-state index in [4.69, 9.17) is 9.47 Å². The van der Waals surface area contributed by atoms with Gasteiger partial charge in [0.1, 0.15) is 15.6 Å². The van der Waals surface area contributed by atoms with Gasteiger partial charge < -0.3 is 20.1 Å². The summed E-state index contributed by atoms with van der Waals surface area (Å²) in [7, 11) is 2.95. The highest BCUT2D eigenvalue weighted by atomic mass is 32.1. The molecule has 0 spiro atoms. The minimum atomic E-state index is -0.530. The van der Waals surface area contributed by atoms with Crippen molar-refractivity contribution in [1.29, 1.82) is 0 Å².